The second-order valence-corrected chi connectivity index (χ2v) is 5.00. The number of nitrogens with two attached hydrogens (primary N) is 1. The molecule has 0 aromatic carbocycles. The Bertz CT molecular complexity index is 644. The third kappa shape index (κ3) is 1.34. The van der Waals surface area contributed by atoms with Crippen LogP contribution in [0.25, 0.3) is 16.2 Å². The topological polar surface area (TPSA) is 56.2 Å². The van der Waals surface area contributed by atoms with Gasteiger partial charge in [0.25, 0.3) is 0 Å². The molecule has 0 aliphatic rings. The highest BCUT2D eigenvalue weighted by Gasteiger charge is 2.13. The van der Waals surface area contributed by atoms with Crippen LogP contribution in [0.5, 0.6) is 0 Å². The van der Waals surface area contributed by atoms with Crippen LogP contribution in [0.3, 0.4) is 0 Å². The summed E-state index contributed by atoms with van der Waals surface area (Å²) in [4.78, 5) is 9.53. The first kappa shape index (κ1) is 9.80. The Labute approximate surface area is 104 Å². The molecule has 3 heterocycles. The Morgan fingerprint density at radius 1 is 1.44 bits per heavy atom. The molecule has 2 N–H and O–H groups in total. The highest BCUT2D eigenvalue weighted by molar-refractivity contribution is 9.10. The fraction of sp³-hybridized carbons (Fsp3) is 0. The quantitative estimate of drug-likeness (QED) is 0.751. The molecule has 0 atom stereocenters. The minimum absolute atomic E-state index is 0.639. The van der Waals surface area contributed by atoms with Crippen LogP contribution in [0.4, 0.5) is 5.82 Å². The fourth-order valence-corrected chi connectivity index (χ4v) is 2.62. The lowest BCUT2D eigenvalue weighted by atomic mass is 10.4. The van der Waals surface area contributed by atoms with Crippen molar-refractivity contribution in [2.24, 2.45) is 0 Å². The number of nitrogen functional groups attached to an aromatic ring is 1. The Hall–Kier alpha value is -1.40. The lowest BCUT2D eigenvalue weighted by Crippen LogP contribution is -1.93. The first-order valence-electron chi connectivity index (χ1n) is 4.58. The average molecular weight is 295 g/mol. The molecule has 0 aliphatic heterocycles. The highest BCUT2D eigenvalue weighted by atomic mass is 79.9. The molecule has 0 fully saturated rings. The van der Waals surface area contributed by atoms with E-state index in [2.05, 4.69) is 25.9 Å². The van der Waals surface area contributed by atoms with Gasteiger partial charge < -0.3 is 5.73 Å². The van der Waals surface area contributed by atoms with E-state index in [1.807, 2.05) is 22.7 Å². The monoisotopic (exact) mass is 294 g/mol. The van der Waals surface area contributed by atoms with Gasteiger partial charge in [-0.2, -0.15) is 0 Å². The van der Waals surface area contributed by atoms with Gasteiger partial charge in [-0.15, -0.1) is 11.3 Å². The molecule has 80 valence electrons. The molecule has 3 aromatic heterocycles. The predicted molar refractivity (Wildman–Crippen MR) is 68.4 cm³/mol. The number of thiazole rings is 1. The maximum Gasteiger partial charge on any atom is 0.153 e. The number of halogens is 1. The van der Waals surface area contributed by atoms with Crippen molar-refractivity contribution in [3.05, 3.63) is 34.5 Å². The summed E-state index contributed by atoms with van der Waals surface area (Å²) in [6.07, 6.45) is 3.67. The standard InChI is InChI=1S/C10H7BrN4S/c11-6-2-1-3-15-9(12)8(14-10(6)15)7-4-13-5-16-7/h1-5H,12H2. The lowest BCUT2D eigenvalue weighted by Gasteiger charge is -1.96. The number of hydrogen-bond donors (Lipinski definition) is 1. The van der Waals surface area contributed by atoms with Gasteiger partial charge in [-0.05, 0) is 28.1 Å². The van der Waals surface area contributed by atoms with Crippen molar-refractivity contribution < 1.29 is 0 Å². The van der Waals surface area contributed by atoms with Gasteiger partial charge >= 0.3 is 0 Å². The SMILES string of the molecule is Nc1c(-c2cncs2)nc2c(Br)cccn12. The number of hydrogen-bond acceptors (Lipinski definition) is 4. The molecule has 0 bridgehead atoms. The minimum atomic E-state index is 0.639. The Kier molecular flexibility index (Phi) is 2.19. The molecule has 0 radical (unpaired) electrons. The highest BCUT2D eigenvalue weighted by Crippen LogP contribution is 2.31. The van der Waals surface area contributed by atoms with Crippen molar-refractivity contribution in [1.29, 1.82) is 0 Å². The summed E-state index contributed by atoms with van der Waals surface area (Å²) in [6.45, 7) is 0. The van der Waals surface area contributed by atoms with Crippen LogP contribution in [0, 0.1) is 0 Å². The molecule has 3 aromatic rings. The van der Waals surface area contributed by atoms with Crippen LogP contribution >= 0.6 is 27.3 Å². The number of nitrogens with zero attached hydrogens (tertiary/aromatic N) is 3. The van der Waals surface area contributed by atoms with Crippen molar-refractivity contribution in [1.82, 2.24) is 14.4 Å². The van der Waals surface area contributed by atoms with Gasteiger partial charge in [0.2, 0.25) is 0 Å². The summed E-state index contributed by atoms with van der Waals surface area (Å²) in [5.41, 5.74) is 9.44. The van der Waals surface area contributed by atoms with Crippen molar-refractivity contribution in [2.45, 2.75) is 0 Å². The summed E-state index contributed by atoms with van der Waals surface area (Å²) in [5, 5.41) is 0. The number of anilines is 1. The largest absolute Gasteiger partial charge is 0.383 e. The maximum atomic E-state index is 6.06. The Morgan fingerprint density at radius 2 is 2.31 bits per heavy atom. The van der Waals surface area contributed by atoms with Crippen molar-refractivity contribution in [3.63, 3.8) is 0 Å². The molecule has 16 heavy (non-hydrogen) atoms. The number of imidazole rings is 1. The summed E-state index contributed by atoms with van der Waals surface area (Å²) in [7, 11) is 0. The van der Waals surface area contributed by atoms with E-state index in [9.17, 15) is 0 Å². The first-order chi connectivity index (χ1) is 7.77. The van der Waals surface area contributed by atoms with Gasteiger partial charge in [-0.1, -0.05) is 0 Å². The van der Waals surface area contributed by atoms with Crippen LogP contribution in [0.15, 0.2) is 34.5 Å². The third-order valence-corrected chi connectivity index (χ3v) is 3.70. The van der Waals surface area contributed by atoms with Gasteiger partial charge in [-0.3, -0.25) is 9.38 Å². The number of pyridine rings is 1. The third-order valence-electron chi connectivity index (χ3n) is 2.31. The fourth-order valence-electron chi connectivity index (χ4n) is 1.57. The van der Waals surface area contributed by atoms with E-state index in [-0.39, 0.29) is 0 Å². The van der Waals surface area contributed by atoms with E-state index in [1.165, 1.54) is 11.3 Å². The number of aromatic nitrogens is 3. The normalized spacial score (nSPS) is 11.1. The number of rotatable bonds is 1. The molecule has 0 aliphatic carbocycles. The van der Waals surface area contributed by atoms with Gasteiger partial charge in [-0.25, -0.2) is 4.98 Å². The molecule has 3 rings (SSSR count). The van der Waals surface area contributed by atoms with Crippen LogP contribution in [0.1, 0.15) is 0 Å². The van der Waals surface area contributed by atoms with E-state index in [4.69, 9.17) is 5.73 Å². The first-order valence-corrected chi connectivity index (χ1v) is 6.25. The zero-order chi connectivity index (χ0) is 11.1. The Balaban J connectivity index is 2.36. The summed E-state index contributed by atoms with van der Waals surface area (Å²) in [6, 6.07) is 3.86. The van der Waals surface area contributed by atoms with Crippen molar-refractivity contribution >= 4 is 38.7 Å². The molecular weight excluding hydrogens is 288 g/mol. The smallest absolute Gasteiger partial charge is 0.153 e. The summed E-state index contributed by atoms with van der Waals surface area (Å²) >= 11 is 4.99. The van der Waals surface area contributed by atoms with Gasteiger partial charge in [0, 0.05) is 12.4 Å². The van der Waals surface area contributed by atoms with E-state index >= 15 is 0 Å². The second kappa shape index (κ2) is 3.57. The van der Waals surface area contributed by atoms with E-state index in [1.54, 1.807) is 11.7 Å². The molecule has 4 nitrogen and oxygen atoms in total. The van der Waals surface area contributed by atoms with E-state index in [0.29, 0.717) is 5.82 Å². The zero-order valence-electron chi connectivity index (χ0n) is 8.09. The molecule has 0 unspecified atom stereocenters. The van der Waals surface area contributed by atoms with Crippen molar-refractivity contribution in [2.75, 3.05) is 5.73 Å². The van der Waals surface area contributed by atoms with Gasteiger partial charge in [0.15, 0.2) is 5.65 Å². The van der Waals surface area contributed by atoms with Crippen LogP contribution < -0.4 is 5.73 Å². The second-order valence-electron chi connectivity index (χ2n) is 3.26. The molecule has 6 heteroatoms. The minimum Gasteiger partial charge on any atom is -0.383 e. The molecule has 0 amide bonds. The van der Waals surface area contributed by atoms with Gasteiger partial charge in [0.1, 0.15) is 11.5 Å². The van der Waals surface area contributed by atoms with E-state index < -0.39 is 0 Å². The van der Waals surface area contributed by atoms with Crippen LogP contribution in [-0.4, -0.2) is 14.4 Å². The number of fused-ring (bicyclic) bond motifs is 1. The van der Waals surface area contributed by atoms with Gasteiger partial charge in [0.05, 0.1) is 14.9 Å². The van der Waals surface area contributed by atoms with E-state index in [0.717, 1.165) is 20.7 Å². The average Bonchev–Trinajstić information content (AvgIpc) is 2.88. The maximum absolute atomic E-state index is 6.06. The summed E-state index contributed by atoms with van der Waals surface area (Å²) < 4.78 is 2.79. The Morgan fingerprint density at radius 3 is 3.00 bits per heavy atom. The molecule has 0 saturated carbocycles. The molecular formula is C10H7BrN4S. The predicted octanol–water partition coefficient (Wildman–Crippen LogP) is 2.80. The summed E-state index contributed by atoms with van der Waals surface area (Å²) in [5.74, 6) is 0.639. The van der Waals surface area contributed by atoms with Crippen LogP contribution in [-0.2, 0) is 0 Å². The lowest BCUT2D eigenvalue weighted by molar-refractivity contribution is 1.19. The zero-order valence-corrected chi connectivity index (χ0v) is 10.5. The molecule has 0 spiro atoms. The van der Waals surface area contributed by atoms with Crippen molar-refractivity contribution in [3.8, 4) is 10.6 Å². The van der Waals surface area contributed by atoms with Crippen LogP contribution in [0.2, 0.25) is 0 Å². The molecule has 0 saturated heterocycles.